The molecule has 1 saturated heterocycles. The molecule has 4 heterocycles. The Kier molecular flexibility index (Phi) is 6.88. The zero-order valence-corrected chi connectivity index (χ0v) is 22.3. The highest BCUT2D eigenvalue weighted by Gasteiger charge is 2.37. The molecule has 0 spiro atoms. The van der Waals surface area contributed by atoms with Crippen molar-refractivity contribution in [3.63, 3.8) is 0 Å². The molecule has 2 aliphatic heterocycles. The van der Waals surface area contributed by atoms with Crippen molar-refractivity contribution >= 4 is 5.69 Å². The van der Waals surface area contributed by atoms with Crippen LogP contribution in [-0.4, -0.2) is 64.2 Å². The van der Waals surface area contributed by atoms with E-state index >= 15 is 0 Å². The first-order valence-electron chi connectivity index (χ1n) is 13.1. The number of aromatic nitrogens is 3. The summed E-state index contributed by atoms with van der Waals surface area (Å²) < 4.78 is 15.6. The summed E-state index contributed by atoms with van der Waals surface area (Å²) in [5.41, 5.74) is 7.08. The largest absolute Gasteiger partial charge is 0.368 e. The molecule has 1 N–H and O–H groups in total. The van der Waals surface area contributed by atoms with Crippen LogP contribution < -0.4 is 10.2 Å². The van der Waals surface area contributed by atoms with Gasteiger partial charge in [0.1, 0.15) is 5.82 Å². The van der Waals surface area contributed by atoms with Crippen LogP contribution in [0, 0.1) is 19.7 Å². The summed E-state index contributed by atoms with van der Waals surface area (Å²) in [5.74, 6) is -0.197. The number of halogens is 1. The number of piperazine rings is 1. The Morgan fingerprint density at radius 1 is 1.08 bits per heavy atom. The summed E-state index contributed by atoms with van der Waals surface area (Å²) in [6, 6.07) is 10.0. The van der Waals surface area contributed by atoms with Crippen molar-refractivity contribution in [2.75, 3.05) is 37.6 Å². The monoisotopic (exact) mass is 490 g/mol. The summed E-state index contributed by atoms with van der Waals surface area (Å²) in [7, 11) is 0. The second-order valence-corrected chi connectivity index (χ2v) is 11.3. The predicted molar refractivity (Wildman–Crippen MR) is 143 cm³/mol. The smallest absolute Gasteiger partial charge is 0.123 e. The molecule has 7 heteroatoms. The fourth-order valence-electron chi connectivity index (χ4n) is 5.72. The number of aryl methyl sites for hydroxylation is 1. The van der Waals surface area contributed by atoms with Gasteiger partial charge in [-0.15, -0.1) is 0 Å². The quantitative estimate of drug-likeness (QED) is 0.541. The molecule has 0 radical (unpaired) electrons. The molecule has 0 amide bonds. The summed E-state index contributed by atoms with van der Waals surface area (Å²) >= 11 is 0. The Bertz CT molecular complexity index is 1200. The molecule has 1 aromatic carbocycles. The highest BCUT2D eigenvalue weighted by atomic mass is 19.1. The van der Waals surface area contributed by atoms with Crippen molar-refractivity contribution in [2.24, 2.45) is 0 Å². The van der Waals surface area contributed by atoms with E-state index < -0.39 is 0 Å². The van der Waals surface area contributed by atoms with Crippen LogP contribution >= 0.6 is 0 Å². The van der Waals surface area contributed by atoms with Crippen molar-refractivity contribution in [1.29, 1.82) is 0 Å². The summed E-state index contributed by atoms with van der Waals surface area (Å²) in [4.78, 5) is 14.6. The van der Waals surface area contributed by atoms with Gasteiger partial charge in [-0.2, -0.15) is 0 Å². The molecule has 36 heavy (non-hydrogen) atoms. The maximum Gasteiger partial charge on any atom is 0.123 e. The topological polar surface area (TPSA) is 49.2 Å². The lowest BCUT2D eigenvalue weighted by molar-refractivity contribution is 0.124. The fourth-order valence-corrected chi connectivity index (χ4v) is 5.72. The van der Waals surface area contributed by atoms with E-state index in [-0.39, 0.29) is 11.2 Å². The number of anilines is 1. The zero-order valence-electron chi connectivity index (χ0n) is 22.3. The lowest BCUT2D eigenvalue weighted by Gasteiger charge is -2.40. The number of hydrogen-bond donors (Lipinski definition) is 1. The molecule has 0 aliphatic carbocycles. The minimum atomic E-state index is -0.197. The molecule has 6 nitrogen and oxygen atoms in total. The number of nitrogens with one attached hydrogen (secondary N) is 1. The minimum Gasteiger partial charge on any atom is -0.368 e. The highest BCUT2D eigenvalue weighted by Crippen LogP contribution is 2.39. The Morgan fingerprint density at radius 3 is 2.58 bits per heavy atom. The van der Waals surface area contributed by atoms with Crippen LogP contribution in [0.2, 0.25) is 0 Å². The average Bonchev–Trinajstić information content (AvgIpc) is 3.30. The molecule has 2 aromatic heterocycles. The number of nitrogens with zero attached hydrogens (tertiary/aromatic N) is 5. The molecule has 0 bridgehead atoms. The Morgan fingerprint density at radius 2 is 1.86 bits per heavy atom. The van der Waals surface area contributed by atoms with Crippen LogP contribution in [0.25, 0.3) is 0 Å². The molecule has 5 rings (SSSR count). The predicted octanol–water partition coefficient (Wildman–Crippen LogP) is 4.08. The first kappa shape index (κ1) is 24.9. The molecule has 0 saturated carbocycles. The van der Waals surface area contributed by atoms with Crippen molar-refractivity contribution in [1.82, 2.24) is 24.8 Å². The highest BCUT2D eigenvalue weighted by molar-refractivity contribution is 5.60. The van der Waals surface area contributed by atoms with Gasteiger partial charge in [0.25, 0.3) is 0 Å². The first-order chi connectivity index (χ1) is 17.2. The number of imidazole rings is 1. The Hall–Kier alpha value is -2.77. The van der Waals surface area contributed by atoms with Gasteiger partial charge in [0.05, 0.1) is 23.4 Å². The Balaban J connectivity index is 1.31. The van der Waals surface area contributed by atoms with Crippen molar-refractivity contribution in [3.8, 4) is 0 Å². The second kappa shape index (κ2) is 9.94. The van der Waals surface area contributed by atoms with E-state index in [0.717, 1.165) is 56.9 Å². The molecular weight excluding hydrogens is 451 g/mol. The molecular formula is C29H39FN6. The number of fused-ring (bicyclic) bond motifs is 1. The maximum absolute atomic E-state index is 13.3. The van der Waals surface area contributed by atoms with Gasteiger partial charge in [-0.05, 0) is 56.5 Å². The standard InChI is InChI=1S/C29H39FN6/c1-20-16-34(26(15-31-20)17-36-19-33-21(2)22(36)3)10-11-35-18-29(4,5)28-27(35)13-24(14-32-28)12-23-6-8-25(30)9-7-23/h6-9,13-14,19-20,26,31H,10-12,15-18H2,1-5H3/t20-,26-/m1/s1. The third-order valence-corrected chi connectivity index (χ3v) is 7.95. The molecule has 2 atom stereocenters. The lowest BCUT2D eigenvalue weighted by Crippen LogP contribution is -2.58. The zero-order chi connectivity index (χ0) is 25.4. The molecule has 1 fully saturated rings. The summed E-state index contributed by atoms with van der Waals surface area (Å²) in [5, 5.41) is 3.68. The van der Waals surface area contributed by atoms with Gasteiger partial charge in [0.15, 0.2) is 0 Å². The normalized spacial score (nSPS) is 21.7. The van der Waals surface area contributed by atoms with Gasteiger partial charge in [-0.3, -0.25) is 9.88 Å². The van der Waals surface area contributed by atoms with Crippen LogP contribution in [0.1, 0.15) is 49.0 Å². The lowest BCUT2D eigenvalue weighted by atomic mass is 9.91. The molecule has 2 aliphatic rings. The number of rotatable bonds is 7. The number of hydrogen-bond acceptors (Lipinski definition) is 5. The summed E-state index contributed by atoms with van der Waals surface area (Å²) in [6.45, 7) is 17.0. The van der Waals surface area contributed by atoms with Crippen LogP contribution in [0.4, 0.5) is 10.1 Å². The van der Waals surface area contributed by atoms with Gasteiger partial charge in [-0.25, -0.2) is 9.37 Å². The van der Waals surface area contributed by atoms with E-state index in [0.29, 0.717) is 12.1 Å². The van der Waals surface area contributed by atoms with E-state index in [2.05, 4.69) is 65.4 Å². The van der Waals surface area contributed by atoms with Gasteiger partial charge < -0.3 is 14.8 Å². The van der Waals surface area contributed by atoms with Crippen molar-refractivity contribution < 1.29 is 4.39 Å². The van der Waals surface area contributed by atoms with Crippen LogP contribution in [0.5, 0.6) is 0 Å². The van der Waals surface area contributed by atoms with Gasteiger partial charge >= 0.3 is 0 Å². The van der Waals surface area contributed by atoms with Crippen LogP contribution in [0.3, 0.4) is 0 Å². The molecule has 192 valence electrons. The fraction of sp³-hybridized carbons (Fsp3) is 0.517. The van der Waals surface area contributed by atoms with Crippen molar-refractivity contribution in [2.45, 2.75) is 65.1 Å². The van der Waals surface area contributed by atoms with Crippen molar-refractivity contribution in [3.05, 3.63) is 76.9 Å². The average molecular weight is 491 g/mol. The Labute approximate surface area is 214 Å². The second-order valence-electron chi connectivity index (χ2n) is 11.3. The third kappa shape index (κ3) is 5.18. The van der Waals surface area contributed by atoms with E-state index in [1.807, 2.05) is 24.7 Å². The minimum absolute atomic E-state index is 0.0192. The third-order valence-electron chi connectivity index (χ3n) is 7.95. The van der Waals surface area contributed by atoms with E-state index in [9.17, 15) is 4.39 Å². The van der Waals surface area contributed by atoms with Gasteiger partial charge in [0.2, 0.25) is 0 Å². The summed E-state index contributed by atoms with van der Waals surface area (Å²) in [6.07, 6.45) is 4.74. The van der Waals surface area contributed by atoms with Gasteiger partial charge in [-0.1, -0.05) is 26.0 Å². The van der Waals surface area contributed by atoms with Gasteiger partial charge in [0, 0.05) is 68.7 Å². The molecule has 3 aromatic rings. The van der Waals surface area contributed by atoms with Crippen LogP contribution in [-0.2, 0) is 18.4 Å². The first-order valence-corrected chi connectivity index (χ1v) is 13.1. The number of benzene rings is 1. The van der Waals surface area contributed by atoms with E-state index in [1.54, 1.807) is 0 Å². The van der Waals surface area contributed by atoms with E-state index in [4.69, 9.17) is 4.98 Å². The maximum atomic E-state index is 13.3. The number of pyridine rings is 1. The van der Waals surface area contributed by atoms with Crippen LogP contribution in [0.15, 0.2) is 42.9 Å². The van der Waals surface area contributed by atoms with E-state index in [1.165, 1.54) is 34.8 Å². The molecule has 0 unspecified atom stereocenters. The SMILES string of the molecule is Cc1ncn(C[C@H]2CN[C@H](C)CN2CCN2CC(C)(C)c3ncc(Cc4ccc(F)cc4)cc32)c1C.